The zero-order valence-electron chi connectivity index (χ0n) is 16.3. The summed E-state index contributed by atoms with van der Waals surface area (Å²) in [5.74, 6) is -0.702. The van der Waals surface area contributed by atoms with Crippen LogP contribution in [0.3, 0.4) is 0 Å². The summed E-state index contributed by atoms with van der Waals surface area (Å²) < 4.78 is 14.4. The molecule has 1 unspecified atom stereocenters. The van der Waals surface area contributed by atoms with Crippen LogP contribution in [0.15, 0.2) is 64.4 Å². The molecule has 3 heterocycles. The fourth-order valence-electron chi connectivity index (χ4n) is 4.83. The average Bonchev–Trinajstić information content (AvgIpc) is 3.35. The largest absolute Gasteiger partial charge is 0.428 e. The van der Waals surface area contributed by atoms with E-state index in [2.05, 4.69) is 0 Å². The molecule has 0 saturated heterocycles. The molecule has 0 radical (unpaired) electrons. The summed E-state index contributed by atoms with van der Waals surface area (Å²) in [6.45, 7) is 0. The van der Waals surface area contributed by atoms with Gasteiger partial charge in [-0.1, -0.05) is 0 Å². The van der Waals surface area contributed by atoms with Gasteiger partial charge >= 0.3 is 28.5 Å². The molecule has 9 nitrogen and oxygen atoms in total. The zero-order chi connectivity index (χ0) is 22.8. The normalized spacial score (nSPS) is 15.9. The van der Waals surface area contributed by atoms with E-state index < -0.39 is 34.8 Å². The third kappa shape index (κ3) is 2.11. The molecule has 7 rings (SSSR count). The molecular weight excluding hydrogens is 432 g/mol. The second-order valence-electron chi connectivity index (χ2n) is 7.98. The van der Waals surface area contributed by atoms with Crippen molar-refractivity contribution in [3.8, 4) is 0 Å². The van der Waals surface area contributed by atoms with Gasteiger partial charge in [0.05, 0.1) is 27.1 Å². The topological polar surface area (TPSA) is 141 Å². The minimum Gasteiger partial charge on any atom is -0.428 e. The van der Waals surface area contributed by atoms with Gasteiger partial charge in [-0.25, -0.2) is 24.0 Å². The Morgan fingerprint density at radius 1 is 0.515 bits per heavy atom. The number of ether oxygens (including phenoxy) is 1. The monoisotopic (exact) mass is 440 g/mol. The Hall–Kier alpha value is -4.63. The van der Waals surface area contributed by atoms with Gasteiger partial charge in [0.2, 0.25) is 6.29 Å². The number of carbonyl (C=O) groups excluding carboxylic acids is 1. The smallest absolute Gasteiger partial charge is 0.346 e. The van der Waals surface area contributed by atoms with Crippen molar-refractivity contribution in [2.75, 3.05) is 0 Å². The SMILES string of the molecule is O=C1OC(O)c2cc3c(cc21)c1cc2c(=O)oc(=O)c2cc1c1cc2c(=O)oc(=O)c2cc31. The molecule has 1 atom stereocenters. The minimum absolute atomic E-state index is 0.0725. The highest BCUT2D eigenvalue weighted by Crippen LogP contribution is 2.41. The van der Waals surface area contributed by atoms with Crippen LogP contribution in [0.1, 0.15) is 22.2 Å². The van der Waals surface area contributed by atoms with Gasteiger partial charge in [-0.15, -0.1) is 0 Å². The van der Waals surface area contributed by atoms with Crippen LogP contribution < -0.4 is 22.5 Å². The molecule has 9 heteroatoms. The van der Waals surface area contributed by atoms with Crippen LogP contribution in [0.2, 0.25) is 0 Å². The van der Waals surface area contributed by atoms with Crippen LogP contribution in [0.5, 0.6) is 0 Å². The van der Waals surface area contributed by atoms with Crippen molar-refractivity contribution in [1.29, 1.82) is 0 Å². The fourth-order valence-corrected chi connectivity index (χ4v) is 4.83. The third-order valence-electron chi connectivity index (χ3n) is 6.33. The van der Waals surface area contributed by atoms with E-state index in [0.29, 0.717) is 32.3 Å². The second-order valence-corrected chi connectivity index (χ2v) is 7.98. The van der Waals surface area contributed by atoms with Crippen LogP contribution in [0.25, 0.3) is 53.9 Å². The average molecular weight is 440 g/mol. The van der Waals surface area contributed by atoms with Crippen LogP contribution in [0.4, 0.5) is 0 Å². The molecule has 6 aromatic rings. The molecule has 1 N–H and O–H groups in total. The van der Waals surface area contributed by atoms with Crippen molar-refractivity contribution in [2.45, 2.75) is 6.29 Å². The van der Waals surface area contributed by atoms with E-state index in [4.69, 9.17) is 13.6 Å². The summed E-state index contributed by atoms with van der Waals surface area (Å²) >= 11 is 0. The lowest BCUT2D eigenvalue weighted by Gasteiger charge is -2.12. The molecule has 4 aromatic carbocycles. The summed E-state index contributed by atoms with van der Waals surface area (Å²) in [4.78, 5) is 61.0. The number of benzene rings is 4. The Morgan fingerprint density at radius 2 is 0.879 bits per heavy atom. The molecule has 33 heavy (non-hydrogen) atoms. The van der Waals surface area contributed by atoms with Gasteiger partial charge in [-0.3, -0.25) is 0 Å². The fraction of sp³-hybridized carbons (Fsp3) is 0.0417. The van der Waals surface area contributed by atoms with Gasteiger partial charge in [-0.05, 0) is 68.7 Å². The minimum atomic E-state index is -1.45. The molecule has 0 amide bonds. The number of carbonyl (C=O) groups is 1. The highest BCUT2D eigenvalue weighted by atomic mass is 16.6. The van der Waals surface area contributed by atoms with Crippen molar-refractivity contribution in [3.05, 3.63) is 89.2 Å². The van der Waals surface area contributed by atoms with Crippen molar-refractivity contribution in [1.82, 2.24) is 0 Å². The summed E-state index contributed by atoms with van der Waals surface area (Å²) in [7, 11) is 0. The van der Waals surface area contributed by atoms with Crippen LogP contribution in [-0.2, 0) is 4.74 Å². The number of aliphatic hydroxyl groups is 1. The first kappa shape index (κ1) is 18.0. The molecule has 158 valence electrons. The Balaban J connectivity index is 1.84. The van der Waals surface area contributed by atoms with Gasteiger partial charge in [0.25, 0.3) is 0 Å². The highest BCUT2D eigenvalue weighted by molar-refractivity contribution is 6.29. The van der Waals surface area contributed by atoms with E-state index in [0.717, 1.165) is 0 Å². The molecule has 0 bridgehead atoms. The van der Waals surface area contributed by atoms with E-state index in [1.165, 1.54) is 30.3 Å². The Bertz CT molecular complexity index is 2120. The maximum absolute atomic E-state index is 12.2. The number of hydrogen-bond donors (Lipinski definition) is 1. The summed E-state index contributed by atoms with van der Waals surface area (Å²) in [5.41, 5.74) is -2.74. The van der Waals surface area contributed by atoms with E-state index >= 15 is 0 Å². The third-order valence-corrected chi connectivity index (χ3v) is 6.33. The number of fused-ring (bicyclic) bond motifs is 9. The van der Waals surface area contributed by atoms with Crippen LogP contribution >= 0.6 is 0 Å². The van der Waals surface area contributed by atoms with E-state index in [1.54, 1.807) is 6.07 Å². The molecule has 0 fully saturated rings. The van der Waals surface area contributed by atoms with Crippen molar-refractivity contribution in [2.24, 2.45) is 0 Å². The number of hydrogen-bond acceptors (Lipinski definition) is 9. The predicted octanol–water partition coefficient (Wildman–Crippen LogP) is 2.12. The molecule has 0 aliphatic carbocycles. The van der Waals surface area contributed by atoms with Gasteiger partial charge in [-0.2, -0.15) is 0 Å². The molecular formula is C24H8O9. The van der Waals surface area contributed by atoms with Gasteiger partial charge in [0.15, 0.2) is 0 Å². The Kier molecular flexibility index (Phi) is 3.05. The Labute approximate surface area is 179 Å². The molecule has 0 saturated carbocycles. The van der Waals surface area contributed by atoms with E-state index in [1.807, 2.05) is 0 Å². The maximum atomic E-state index is 12.2. The highest BCUT2D eigenvalue weighted by Gasteiger charge is 2.31. The number of aliphatic hydroxyl groups excluding tert-OH is 1. The predicted molar refractivity (Wildman–Crippen MR) is 116 cm³/mol. The van der Waals surface area contributed by atoms with Gasteiger partial charge < -0.3 is 18.7 Å². The first-order valence-corrected chi connectivity index (χ1v) is 9.79. The molecule has 1 aliphatic rings. The quantitative estimate of drug-likeness (QED) is 0.278. The van der Waals surface area contributed by atoms with Crippen molar-refractivity contribution >= 4 is 59.8 Å². The first-order chi connectivity index (χ1) is 15.8. The van der Waals surface area contributed by atoms with Crippen molar-refractivity contribution in [3.63, 3.8) is 0 Å². The summed E-state index contributed by atoms with van der Waals surface area (Å²) in [5, 5.41) is 13.6. The van der Waals surface area contributed by atoms with Crippen LogP contribution in [-0.4, -0.2) is 11.1 Å². The lowest BCUT2D eigenvalue weighted by molar-refractivity contribution is -0.0547. The van der Waals surface area contributed by atoms with Gasteiger partial charge in [0, 0.05) is 5.56 Å². The Morgan fingerprint density at radius 3 is 1.30 bits per heavy atom. The number of cyclic esters (lactones) is 1. The number of esters is 1. The standard InChI is InChI=1S/C24H8O9/c25-19-13-1-7-8(2-14(13)20(26)31-19)10-4-17-18(24(30)33-23(17)29)6-12(10)11-5-16-15(3-9(7)11)21(27)32-22(16)28/h1-6,19,25H. The molecule has 1 aliphatic heterocycles. The zero-order valence-corrected chi connectivity index (χ0v) is 16.3. The van der Waals surface area contributed by atoms with E-state index in [9.17, 15) is 29.1 Å². The summed E-state index contributed by atoms with van der Waals surface area (Å²) in [6.07, 6.45) is -1.45. The maximum Gasteiger partial charge on any atom is 0.346 e. The number of rotatable bonds is 0. The molecule has 2 aromatic heterocycles. The van der Waals surface area contributed by atoms with E-state index in [-0.39, 0.29) is 32.7 Å². The molecule has 0 spiro atoms. The van der Waals surface area contributed by atoms with Crippen LogP contribution in [0, 0.1) is 0 Å². The lowest BCUT2D eigenvalue weighted by atomic mass is 9.90. The summed E-state index contributed by atoms with van der Waals surface area (Å²) in [6, 6.07) is 9.11. The first-order valence-electron chi connectivity index (χ1n) is 9.79. The number of furan rings is 2. The van der Waals surface area contributed by atoms with Gasteiger partial charge in [0.1, 0.15) is 0 Å². The van der Waals surface area contributed by atoms with Crippen molar-refractivity contribution < 1.29 is 23.5 Å². The lowest BCUT2D eigenvalue weighted by Crippen LogP contribution is -1.96. The second kappa shape index (κ2) is 5.59.